The van der Waals surface area contributed by atoms with Gasteiger partial charge in [0.1, 0.15) is 11.4 Å². The lowest BCUT2D eigenvalue weighted by atomic mass is 10.00. The molecule has 1 aliphatic heterocycles. The molecule has 6 nitrogen and oxygen atoms in total. The van der Waals surface area contributed by atoms with Crippen LogP contribution in [0.25, 0.3) is 0 Å². The van der Waals surface area contributed by atoms with Crippen molar-refractivity contribution in [3.63, 3.8) is 0 Å². The minimum Gasteiger partial charge on any atom is -0.383 e. The molecule has 0 saturated carbocycles. The van der Waals surface area contributed by atoms with Crippen LogP contribution in [0.5, 0.6) is 0 Å². The summed E-state index contributed by atoms with van der Waals surface area (Å²) in [5, 5.41) is 3.99. The van der Waals surface area contributed by atoms with Crippen molar-refractivity contribution in [3.8, 4) is 0 Å². The van der Waals surface area contributed by atoms with Gasteiger partial charge in [-0.2, -0.15) is 5.10 Å². The molecule has 18 heavy (non-hydrogen) atoms. The summed E-state index contributed by atoms with van der Waals surface area (Å²) in [5.41, 5.74) is 6.29. The van der Waals surface area contributed by atoms with E-state index in [4.69, 9.17) is 10.5 Å². The van der Waals surface area contributed by atoms with E-state index in [2.05, 4.69) is 5.10 Å². The average molecular weight is 252 g/mol. The third-order valence-electron chi connectivity index (χ3n) is 3.43. The van der Waals surface area contributed by atoms with Gasteiger partial charge in [0.2, 0.25) is 0 Å². The number of ether oxygens (including phenoxy) is 1. The monoisotopic (exact) mass is 252 g/mol. The molecule has 0 spiro atoms. The molecule has 100 valence electrons. The maximum atomic E-state index is 12.2. The number of nitrogen functional groups attached to an aromatic ring is 1. The molecule has 1 aliphatic rings. The molecular formula is C12H20N4O2. The smallest absolute Gasteiger partial charge is 0.258 e. The van der Waals surface area contributed by atoms with Gasteiger partial charge in [-0.25, -0.2) is 0 Å². The highest BCUT2D eigenvalue weighted by Gasteiger charge is 2.22. The predicted octanol–water partition coefficient (Wildman–Crippen LogP) is 0.501. The SMILES string of the molecule is CN(CC1CCOCC1)C(=O)c1cnn(C)c1N. The van der Waals surface area contributed by atoms with Gasteiger partial charge in [-0.15, -0.1) is 0 Å². The second-order valence-electron chi connectivity index (χ2n) is 4.81. The van der Waals surface area contributed by atoms with E-state index in [0.29, 0.717) is 17.3 Å². The number of nitrogens with zero attached hydrogens (tertiary/aromatic N) is 3. The number of nitrogens with two attached hydrogens (primary N) is 1. The minimum absolute atomic E-state index is 0.0629. The Morgan fingerprint density at radius 1 is 1.61 bits per heavy atom. The van der Waals surface area contributed by atoms with Gasteiger partial charge in [-0.1, -0.05) is 0 Å². The van der Waals surface area contributed by atoms with Crippen LogP contribution in [0.4, 0.5) is 5.82 Å². The molecule has 0 aromatic carbocycles. The third kappa shape index (κ3) is 2.64. The molecule has 1 fully saturated rings. The zero-order valence-electron chi connectivity index (χ0n) is 10.9. The minimum atomic E-state index is -0.0629. The average Bonchev–Trinajstić information content (AvgIpc) is 2.70. The van der Waals surface area contributed by atoms with Crippen LogP contribution in [0.15, 0.2) is 6.20 Å². The van der Waals surface area contributed by atoms with E-state index in [-0.39, 0.29) is 5.91 Å². The number of carbonyl (C=O) groups excluding carboxylic acids is 1. The molecule has 1 aromatic rings. The van der Waals surface area contributed by atoms with Gasteiger partial charge in [0, 0.05) is 33.9 Å². The van der Waals surface area contributed by atoms with Crippen molar-refractivity contribution in [1.82, 2.24) is 14.7 Å². The zero-order valence-corrected chi connectivity index (χ0v) is 10.9. The van der Waals surface area contributed by atoms with E-state index in [0.717, 1.165) is 32.6 Å². The molecule has 1 amide bonds. The fourth-order valence-corrected chi connectivity index (χ4v) is 2.22. The van der Waals surface area contributed by atoms with Gasteiger partial charge in [-0.05, 0) is 18.8 Å². The highest BCUT2D eigenvalue weighted by Crippen LogP contribution is 2.18. The Morgan fingerprint density at radius 2 is 2.28 bits per heavy atom. The van der Waals surface area contributed by atoms with Crippen molar-refractivity contribution < 1.29 is 9.53 Å². The largest absolute Gasteiger partial charge is 0.383 e. The first-order valence-electron chi connectivity index (χ1n) is 6.20. The van der Waals surface area contributed by atoms with Crippen LogP contribution in [0, 0.1) is 5.92 Å². The van der Waals surface area contributed by atoms with E-state index in [1.54, 1.807) is 11.9 Å². The maximum absolute atomic E-state index is 12.2. The Hall–Kier alpha value is -1.56. The Kier molecular flexibility index (Phi) is 3.86. The van der Waals surface area contributed by atoms with E-state index in [9.17, 15) is 4.79 Å². The number of carbonyl (C=O) groups is 1. The van der Waals surface area contributed by atoms with Crippen LogP contribution in [-0.4, -0.2) is 47.4 Å². The Labute approximate surface area is 107 Å². The Bertz CT molecular complexity index is 424. The molecule has 0 radical (unpaired) electrons. The summed E-state index contributed by atoms with van der Waals surface area (Å²) in [6.07, 6.45) is 3.55. The molecule has 0 aliphatic carbocycles. The summed E-state index contributed by atoms with van der Waals surface area (Å²) in [7, 11) is 3.54. The van der Waals surface area contributed by atoms with Crippen molar-refractivity contribution >= 4 is 11.7 Å². The first-order chi connectivity index (χ1) is 8.59. The van der Waals surface area contributed by atoms with Crippen LogP contribution in [0.1, 0.15) is 23.2 Å². The Balaban J connectivity index is 1.98. The lowest BCUT2D eigenvalue weighted by Gasteiger charge is -2.27. The van der Waals surface area contributed by atoms with Crippen molar-refractivity contribution in [2.75, 3.05) is 32.5 Å². The number of aromatic nitrogens is 2. The lowest BCUT2D eigenvalue weighted by Crippen LogP contribution is -2.34. The Morgan fingerprint density at radius 3 is 2.83 bits per heavy atom. The predicted molar refractivity (Wildman–Crippen MR) is 68.1 cm³/mol. The van der Waals surface area contributed by atoms with Crippen LogP contribution in [0.3, 0.4) is 0 Å². The number of amides is 1. The molecule has 6 heteroatoms. The number of aryl methyl sites for hydroxylation is 1. The van der Waals surface area contributed by atoms with E-state index >= 15 is 0 Å². The van der Waals surface area contributed by atoms with E-state index in [1.807, 2.05) is 7.05 Å². The fourth-order valence-electron chi connectivity index (χ4n) is 2.22. The van der Waals surface area contributed by atoms with Crippen LogP contribution >= 0.6 is 0 Å². The molecule has 0 unspecified atom stereocenters. The number of hydrogen-bond acceptors (Lipinski definition) is 4. The second kappa shape index (κ2) is 5.39. The van der Waals surface area contributed by atoms with Gasteiger partial charge in [0.05, 0.1) is 6.20 Å². The van der Waals surface area contributed by atoms with Gasteiger partial charge in [0.15, 0.2) is 0 Å². The van der Waals surface area contributed by atoms with Crippen molar-refractivity contribution in [3.05, 3.63) is 11.8 Å². The van der Waals surface area contributed by atoms with Crippen LogP contribution < -0.4 is 5.73 Å². The summed E-state index contributed by atoms with van der Waals surface area (Å²) in [4.78, 5) is 13.9. The summed E-state index contributed by atoms with van der Waals surface area (Å²) in [6.45, 7) is 2.33. The summed E-state index contributed by atoms with van der Waals surface area (Å²) >= 11 is 0. The van der Waals surface area contributed by atoms with E-state index in [1.165, 1.54) is 10.9 Å². The quantitative estimate of drug-likeness (QED) is 0.850. The fraction of sp³-hybridized carbons (Fsp3) is 0.667. The van der Waals surface area contributed by atoms with Crippen molar-refractivity contribution in [1.29, 1.82) is 0 Å². The molecule has 1 aromatic heterocycles. The number of rotatable bonds is 3. The summed E-state index contributed by atoms with van der Waals surface area (Å²) in [5.74, 6) is 0.872. The normalized spacial score (nSPS) is 16.8. The number of hydrogen-bond donors (Lipinski definition) is 1. The molecule has 0 bridgehead atoms. The van der Waals surface area contributed by atoms with Gasteiger partial charge >= 0.3 is 0 Å². The van der Waals surface area contributed by atoms with Gasteiger partial charge < -0.3 is 15.4 Å². The highest BCUT2D eigenvalue weighted by molar-refractivity contribution is 5.98. The van der Waals surface area contributed by atoms with Crippen molar-refractivity contribution in [2.24, 2.45) is 13.0 Å². The first kappa shape index (κ1) is 12.9. The summed E-state index contributed by atoms with van der Waals surface area (Å²) in [6, 6.07) is 0. The second-order valence-corrected chi connectivity index (χ2v) is 4.81. The molecular weight excluding hydrogens is 232 g/mol. The molecule has 1 saturated heterocycles. The van der Waals surface area contributed by atoms with Crippen LogP contribution in [0.2, 0.25) is 0 Å². The topological polar surface area (TPSA) is 73.4 Å². The first-order valence-corrected chi connectivity index (χ1v) is 6.20. The maximum Gasteiger partial charge on any atom is 0.258 e. The van der Waals surface area contributed by atoms with Gasteiger partial charge in [-0.3, -0.25) is 9.48 Å². The number of anilines is 1. The molecule has 0 atom stereocenters. The van der Waals surface area contributed by atoms with E-state index < -0.39 is 0 Å². The van der Waals surface area contributed by atoms with Crippen LogP contribution in [-0.2, 0) is 11.8 Å². The molecule has 2 N–H and O–H groups in total. The lowest BCUT2D eigenvalue weighted by molar-refractivity contribution is 0.0497. The molecule has 2 heterocycles. The highest BCUT2D eigenvalue weighted by atomic mass is 16.5. The third-order valence-corrected chi connectivity index (χ3v) is 3.43. The standard InChI is InChI=1S/C12H20N4O2/c1-15(8-9-3-5-18-6-4-9)12(17)10-7-14-16(2)11(10)13/h7,9H,3-6,8,13H2,1-2H3. The molecule has 2 rings (SSSR count). The van der Waals surface area contributed by atoms with Gasteiger partial charge in [0.25, 0.3) is 5.91 Å². The van der Waals surface area contributed by atoms with Crippen molar-refractivity contribution in [2.45, 2.75) is 12.8 Å². The zero-order chi connectivity index (χ0) is 13.1. The summed E-state index contributed by atoms with van der Waals surface area (Å²) < 4.78 is 6.82.